The number of aliphatic carboxylic acids is 1. The largest absolute Gasteiger partial charge is 0.480 e. The van der Waals surface area contributed by atoms with E-state index in [9.17, 15) is 43.8 Å². The van der Waals surface area contributed by atoms with Crippen LogP contribution >= 0.6 is 0 Å². The van der Waals surface area contributed by atoms with Gasteiger partial charge in [0.05, 0.1) is 32.3 Å². The summed E-state index contributed by atoms with van der Waals surface area (Å²) in [6.07, 6.45) is -1.41. The maximum atomic E-state index is 12.3. The van der Waals surface area contributed by atoms with Crippen molar-refractivity contribution < 1.29 is 48.9 Å². The van der Waals surface area contributed by atoms with Crippen molar-refractivity contribution >= 4 is 41.4 Å². The lowest BCUT2D eigenvalue weighted by Gasteiger charge is -2.22. The Hall–Kier alpha value is -3.83. The molecule has 0 unspecified atom stereocenters. The number of aliphatic hydroxyl groups is 2. The van der Waals surface area contributed by atoms with Gasteiger partial charge in [0.25, 0.3) is 0 Å². The lowest BCUT2D eigenvalue weighted by molar-refractivity contribution is -0.142. The molecule has 0 aromatic carbocycles. The molecule has 0 aliphatic heterocycles. The quantitative estimate of drug-likeness (QED) is 0.0970. The third-order valence-corrected chi connectivity index (χ3v) is 4.45. The lowest BCUT2D eigenvalue weighted by atomic mass is 10.1. The molecule has 17 nitrogen and oxygen atoms in total. The number of carboxylic acid groups (broad SMARTS) is 1. The zero-order valence-corrected chi connectivity index (χ0v) is 20.0. The van der Waals surface area contributed by atoms with Crippen molar-refractivity contribution in [2.24, 2.45) is 5.73 Å². The van der Waals surface area contributed by atoms with Gasteiger partial charge in [0.1, 0.15) is 24.2 Å². The number of carbonyl (C=O) groups is 7. The highest BCUT2D eigenvalue weighted by Gasteiger charge is 2.28. The number of nitrogens with two attached hydrogens (primary N) is 1. The number of carboxylic acids is 1. The normalized spacial score (nSPS) is 14.6. The van der Waals surface area contributed by atoms with E-state index in [4.69, 9.17) is 10.8 Å². The number of hydrogen-bond donors (Lipinski definition) is 10. The zero-order valence-electron chi connectivity index (χ0n) is 20.0. The van der Waals surface area contributed by atoms with E-state index in [1.54, 1.807) is 0 Å². The van der Waals surface area contributed by atoms with Crippen LogP contribution in [0.4, 0.5) is 0 Å². The highest BCUT2D eigenvalue weighted by Crippen LogP contribution is 1.94. The minimum absolute atomic E-state index is 0.334. The van der Waals surface area contributed by atoms with Crippen LogP contribution in [0.3, 0.4) is 0 Å². The molecule has 0 fully saturated rings. The lowest BCUT2D eigenvalue weighted by Crippen LogP contribution is -2.57. The van der Waals surface area contributed by atoms with Crippen molar-refractivity contribution in [3.8, 4) is 0 Å². The molecule has 0 rings (SSSR count). The van der Waals surface area contributed by atoms with Crippen LogP contribution in [0.25, 0.3) is 0 Å². The maximum absolute atomic E-state index is 12.3. The fourth-order valence-corrected chi connectivity index (χ4v) is 2.41. The van der Waals surface area contributed by atoms with E-state index < -0.39 is 91.4 Å². The Morgan fingerprint density at radius 1 is 0.722 bits per heavy atom. The molecule has 36 heavy (non-hydrogen) atoms. The van der Waals surface area contributed by atoms with Crippen LogP contribution in [-0.2, 0) is 33.6 Å². The number of carbonyl (C=O) groups excluding carboxylic acids is 6. The second-order valence-corrected chi connectivity index (χ2v) is 7.59. The van der Waals surface area contributed by atoms with Gasteiger partial charge in [-0.2, -0.15) is 0 Å². The average Bonchev–Trinajstić information content (AvgIpc) is 2.81. The standard InChI is InChI=1S/C19H33N7O10/c1-8(23-12(29)4-20)16(32)21-6-14(31)26-15(10(3)28)18(34)22-5-13(30)25-11(7-27)17(33)24-9(2)19(35)36/h8-11,15,27-28H,4-7,20H2,1-3H3,(H,21,32)(H,22,34)(H,23,29)(H,24,33)(H,25,30)(H,26,31)(H,35,36)/t8-,9-,10+,11-,15-/m0/s1. The van der Waals surface area contributed by atoms with Crippen molar-refractivity contribution in [1.82, 2.24) is 31.9 Å². The minimum atomic E-state index is -1.52. The summed E-state index contributed by atoms with van der Waals surface area (Å²) < 4.78 is 0. The molecule has 0 radical (unpaired) electrons. The van der Waals surface area contributed by atoms with Crippen molar-refractivity contribution in [2.45, 2.75) is 51.0 Å². The summed E-state index contributed by atoms with van der Waals surface area (Å²) in [6.45, 7) is 1.21. The first-order valence-corrected chi connectivity index (χ1v) is 10.7. The first kappa shape index (κ1) is 32.2. The second kappa shape index (κ2) is 16.0. The summed E-state index contributed by atoms with van der Waals surface area (Å²) in [7, 11) is 0. The third kappa shape index (κ3) is 12.0. The van der Waals surface area contributed by atoms with E-state index in [2.05, 4.69) is 31.9 Å². The van der Waals surface area contributed by atoms with Gasteiger partial charge in [0, 0.05) is 0 Å². The van der Waals surface area contributed by atoms with Crippen LogP contribution in [0.2, 0.25) is 0 Å². The van der Waals surface area contributed by atoms with Gasteiger partial charge in [0.15, 0.2) is 0 Å². The molecule has 17 heteroatoms. The molecule has 0 saturated heterocycles. The van der Waals surface area contributed by atoms with Crippen LogP contribution < -0.4 is 37.6 Å². The molecule has 6 amide bonds. The average molecular weight is 520 g/mol. The van der Waals surface area contributed by atoms with Crippen LogP contribution in [0, 0.1) is 0 Å². The zero-order chi connectivity index (χ0) is 28.0. The Bertz CT molecular complexity index is 835. The molecular formula is C19H33N7O10. The highest BCUT2D eigenvalue weighted by molar-refractivity contribution is 5.95. The van der Waals surface area contributed by atoms with Crippen molar-refractivity contribution in [3.05, 3.63) is 0 Å². The Morgan fingerprint density at radius 3 is 1.72 bits per heavy atom. The molecule has 5 atom stereocenters. The van der Waals surface area contributed by atoms with E-state index in [0.717, 1.165) is 0 Å². The monoisotopic (exact) mass is 519 g/mol. The number of rotatable bonds is 15. The van der Waals surface area contributed by atoms with Gasteiger partial charge >= 0.3 is 5.97 Å². The summed E-state index contributed by atoms with van der Waals surface area (Å²) in [5.41, 5.74) is 5.13. The van der Waals surface area contributed by atoms with E-state index in [1.807, 2.05) is 0 Å². The summed E-state index contributed by atoms with van der Waals surface area (Å²) in [5.74, 6) is -6.38. The topological polar surface area (TPSA) is 278 Å². The van der Waals surface area contributed by atoms with E-state index in [-0.39, 0.29) is 6.54 Å². The fourth-order valence-electron chi connectivity index (χ4n) is 2.41. The van der Waals surface area contributed by atoms with Crippen molar-refractivity contribution in [1.29, 1.82) is 0 Å². The summed E-state index contributed by atoms with van der Waals surface area (Å²) in [6, 6.07) is -5.29. The van der Waals surface area contributed by atoms with Gasteiger partial charge in [-0.3, -0.25) is 33.6 Å². The van der Waals surface area contributed by atoms with Gasteiger partial charge < -0.3 is 53.0 Å². The van der Waals surface area contributed by atoms with Gasteiger partial charge in [-0.05, 0) is 20.8 Å². The van der Waals surface area contributed by atoms with Gasteiger partial charge in [-0.25, -0.2) is 0 Å². The fraction of sp³-hybridized carbons (Fsp3) is 0.632. The Kier molecular flexibility index (Phi) is 14.3. The van der Waals surface area contributed by atoms with Crippen LogP contribution in [-0.4, -0.2) is 113 Å². The third-order valence-electron chi connectivity index (χ3n) is 4.45. The van der Waals surface area contributed by atoms with E-state index >= 15 is 0 Å². The first-order chi connectivity index (χ1) is 16.7. The number of amides is 6. The predicted molar refractivity (Wildman–Crippen MR) is 121 cm³/mol. The van der Waals surface area contributed by atoms with E-state index in [0.29, 0.717) is 0 Å². The number of aliphatic hydroxyl groups excluding tert-OH is 2. The second-order valence-electron chi connectivity index (χ2n) is 7.59. The molecule has 0 spiro atoms. The molecule has 11 N–H and O–H groups in total. The highest BCUT2D eigenvalue weighted by atomic mass is 16.4. The summed E-state index contributed by atoms with van der Waals surface area (Å²) >= 11 is 0. The Morgan fingerprint density at radius 2 is 1.25 bits per heavy atom. The number of hydrogen-bond acceptors (Lipinski definition) is 10. The van der Waals surface area contributed by atoms with Crippen LogP contribution in [0.15, 0.2) is 0 Å². The maximum Gasteiger partial charge on any atom is 0.325 e. The molecule has 0 saturated carbocycles. The molecule has 0 aromatic heterocycles. The molecular weight excluding hydrogens is 486 g/mol. The number of nitrogens with one attached hydrogen (secondary N) is 6. The molecule has 0 aliphatic rings. The first-order valence-electron chi connectivity index (χ1n) is 10.7. The van der Waals surface area contributed by atoms with Gasteiger partial charge in [-0.15, -0.1) is 0 Å². The van der Waals surface area contributed by atoms with Crippen molar-refractivity contribution in [2.75, 3.05) is 26.2 Å². The van der Waals surface area contributed by atoms with Crippen molar-refractivity contribution in [3.63, 3.8) is 0 Å². The minimum Gasteiger partial charge on any atom is -0.480 e. The SMILES string of the molecule is C[C@H](NC(=O)[C@H](CO)NC(=O)CNC(=O)[C@@H](NC(=O)CNC(=O)[C@H](C)NC(=O)CN)[C@@H](C)O)C(=O)O. The summed E-state index contributed by atoms with van der Waals surface area (Å²) in [4.78, 5) is 82.2. The van der Waals surface area contributed by atoms with Gasteiger partial charge in [0.2, 0.25) is 35.4 Å². The van der Waals surface area contributed by atoms with Crippen LogP contribution in [0.5, 0.6) is 0 Å². The Balaban J connectivity index is 4.76. The molecule has 0 aromatic rings. The predicted octanol–water partition coefficient (Wildman–Crippen LogP) is -6.39. The summed E-state index contributed by atoms with van der Waals surface area (Å²) in [5, 5.41) is 40.8. The molecule has 0 aliphatic carbocycles. The Labute approximate surface area is 205 Å². The molecule has 0 bridgehead atoms. The molecule has 204 valence electrons. The smallest absolute Gasteiger partial charge is 0.325 e. The molecule has 0 heterocycles. The van der Waals surface area contributed by atoms with Crippen LogP contribution in [0.1, 0.15) is 20.8 Å². The van der Waals surface area contributed by atoms with E-state index in [1.165, 1.54) is 20.8 Å². The van der Waals surface area contributed by atoms with Gasteiger partial charge in [-0.1, -0.05) is 0 Å².